The zero-order valence-electron chi connectivity index (χ0n) is 10.3. The molecule has 0 saturated heterocycles. The number of hydrogen-bond donors (Lipinski definition) is 2. The molecular formula is C12H15FN4O. The summed E-state index contributed by atoms with van der Waals surface area (Å²) in [6, 6.07) is 4.22. The number of amides is 1. The summed E-state index contributed by atoms with van der Waals surface area (Å²) in [4.78, 5) is 17.3. The van der Waals surface area contributed by atoms with E-state index in [0.717, 1.165) is 0 Å². The fourth-order valence-corrected chi connectivity index (χ4v) is 2.02. The van der Waals surface area contributed by atoms with Crippen molar-refractivity contribution in [2.45, 2.75) is 18.9 Å². The van der Waals surface area contributed by atoms with Gasteiger partial charge in [-0.3, -0.25) is 9.69 Å². The van der Waals surface area contributed by atoms with Crippen LogP contribution in [0.15, 0.2) is 23.2 Å². The number of nitrogens with zero attached hydrogens (tertiary/aromatic N) is 2. The molecule has 0 unspecified atom stereocenters. The molecule has 0 aliphatic carbocycles. The van der Waals surface area contributed by atoms with Crippen molar-refractivity contribution in [3.05, 3.63) is 29.6 Å². The lowest BCUT2D eigenvalue weighted by atomic mass is 9.87. The predicted octanol–water partition coefficient (Wildman–Crippen LogP) is 0.800. The van der Waals surface area contributed by atoms with Gasteiger partial charge in [0.1, 0.15) is 5.82 Å². The zero-order chi connectivity index (χ0) is 13.5. The van der Waals surface area contributed by atoms with E-state index in [0.29, 0.717) is 5.69 Å². The fourth-order valence-electron chi connectivity index (χ4n) is 2.02. The maximum absolute atomic E-state index is 13.9. The van der Waals surface area contributed by atoms with Gasteiger partial charge in [0.15, 0.2) is 5.96 Å². The molecule has 0 fully saturated rings. The summed E-state index contributed by atoms with van der Waals surface area (Å²) in [5, 5.41) is 0. The SMILES string of the molecule is CN1C(=O)C[C@@](C)(c2cc(N)ccc2F)N=C1N. The molecular weight excluding hydrogens is 235 g/mol. The maximum atomic E-state index is 13.9. The molecule has 1 aromatic carbocycles. The summed E-state index contributed by atoms with van der Waals surface area (Å²) in [6.45, 7) is 1.67. The number of halogens is 1. The van der Waals surface area contributed by atoms with E-state index < -0.39 is 11.4 Å². The predicted molar refractivity (Wildman–Crippen MR) is 67.2 cm³/mol. The number of benzene rings is 1. The Balaban J connectivity index is 2.55. The lowest BCUT2D eigenvalue weighted by Gasteiger charge is -2.33. The molecule has 0 aromatic heterocycles. The van der Waals surface area contributed by atoms with Crippen molar-refractivity contribution in [2.24, 2.45) is 10.7 Å². The van der Waals surface area contributed by atoms with Gasteiger partial charge in [-0.05, 0) is 25.1 Å². The van der Waals surface area contributed by atoms with E-state index in [9.17, 15) is 9.18 Å². The van der Waals surface area contributed by atoms with Crippen molar-refractivity contribution in [3.8, 4) is 0 Å². The first kappa shape index (κ1) is 12.3. The second kappa shape index (κ2) is 3.97. The Kier molecular flexibility index (Phi) is 2.73. The Morgan fingerprint density at radius 3 is 2.72 bits per heavy atom. The molecule has 96 valence electrons. The first-order chi connectivity index (χ1) is 8.33. The highest BCUT2D eigenvalue weighted by Crippen LogP contribution is 2.35. The van der Waals surface area contributed by atoms with E-state index in [2.05, 4.69) is 4.99 Å². The van der Waals surface area contributed by atoms with Crippen LogP contribution in [0.25, 0.3) is 0 Å². The smallest absolute Gasteiger partial charge is 0.231 e. The van der Waals surface area contributed by atoms with Crippen molar-refractivity contribution in [2.75, 3.05) is 12.8 Å². The van der Waals surface area contributed by atoms with Gasteiger partial charge >= 0.3 is 0 Å². The third-order valence-electron chi connectivity index (χ3n) is 3.15. The van der Waals surface area contributed by atoms with Gasteiger partial charge in [-0.2, -0.15) is 0 Å². The van der Waals surface area contributed by atoms with Crippen LogP contribution in [0.3, 0.4) is 0 Å². The number of nitrogens with two attached hydrogens (primary N) is 2. The first-order valence-electron chi connectivity index (χ1n) is 5.51. The summed E-state index contributed by atoms with van der Waals surface area (Å²) < 4.78 is 13.9. The van der Waals surface area contributed by atoms with Crippen LogP contribution >= 0.6 is 0 Å². The van der Waals surface area contributed by atoms with Crippen molar-refractivity contribution in [1.82, 2.24) is 4.90 Å². The van der Waals surface area contributed by atoms with Crippen LogP contribution in [-0.2, 0) is 10.3 Å². The molecule has 0 spiro atoms. The van der Waals surface area contributed by atoms with Gasteiger partial charge in [-0.15, -0.1) is 0 Å². The topological polar surface area (TPSA) is 84.7 Å². The molecule has 2 rings (SSSR count). The lowest BCUT2D eigenvalue weighted by Crippen LogP contribution is -2.47. The third kappa shape index (κ3) is 1.90. The van der Waals surface area contributed by atoms with Crippen LogP contribution in [0.2, 0.25) is 0 Å². The number of anilines is 1. The lowest BCUT2D eigenvalue weighted by molar-refractivity contribution is -0.128. The summed E-state index contributed by atoms with van der Waals surface area (Å²) in [5.41, 5.74) is 11.0. The highest BCUT2D eigenvalue weighted by Gasteiger charge is 2.37. The Hall–Kier alpha value is -2.11. The first-order valence-corrected chi connectivity index (χ1v) is 5.51. The van der Waals surface area contributed by atoms with Crippen molar-refractivity contribution in [1.29, 1.82) is 0 Å². The van der Waals surface area contributed by atoms with E-state index in [-0.39, 0.29) is 23.9 Å². The molecule has 0 bridgehead atoms. The average molecular weight is 250 g/mol. The van der Waals surface area contributed by atoms with Crippen LogP contribution < -0.4 is 11.5 Å². The molecule has 6 heteroatoms. The van der Waals surface area contributed by atoms with E-state index in [4.69, 9.17) is 11.5 Å². The minimum Gasteiger partial charge on any atom is -0.399 e. The average Bonchev–Trinajstić information content (AvgIpc) is 2.29. The summed E-state index contributed by atoms with van der Waals surface area (Å²) in [7, 11) is 1.54. The van der Waals surface area contributed by atoms with Crippen LogP contribution in [0.5, 0.6) is 0 Å². The molecule has 0 saturated carbocycles. The Bertz CT molecular complexity index is 543. The molecule has 1 heterocycles. The number of hydrogen-bond acceptors (Lipinski definition) is 4. The van der Waals surface area contributed by atoms with Gasteiger partial charge in [0, 0.05) is 18.3 Å². The molecule has 1 amide bonds. The highest BCUT2D eigenvalue weighted by atomic mass is 19.1. The Labute approximate surface area is 104 Å². The normalized spacial score (nSPS) is 24.1. The van der Waals surface area contributed by atoms with E-state index in [1.807, 2.05) is 0 Å². The van der Waals surface area contributed by atoms with Gasteiger partial charge < -0.3 is 11.5 Å². The summed E-state index contributed by atoms with van der Waals surface area (Å²) in [6.07, 6.45) is 0.0601. The van der Waals surface area contributed by atoms with Gasteiger partial charge in [-0.1, -0.05) is 0 Å². The van der Waals surface area contributed by atoms with E-state index in [1.165, 1.54) is 30.1 Å². The number of carbonyl (C=O) groups excluding carboxylic acids is 1. The number of aliphatic imine (C=N–C) groups is 1. The highest BCUT2D eigenvalue weighted by molar-refractivity contribution is 5.98. The summed E-state index contributed by atoms with van der Waals surface area (Å²) in [5.74, 6) is -0.567. The Morgan fingerprint density at radius 2 is 2.11 bits per heavy atom. The number of nitrogen functional groups attached to an aromatic ring is 1. The standard InChI is InChI=1S/C12H15FN4O/c1-12(6-10(18)17(2)11(15)16-12)8-5-7(14)3-4-9(8)13/h3-5H,6,14H2,1-2H3,(H2,15,16)/t12-/m0/s1. The van der Waals surface area contributed by atoms with E-state index in [1.54, 1.807) is 6.92 Å². The number of guanidine groups is 1. The zero-order valence-corrected chi connectivity index (χ0v) is 10.3. The minimum atomic E-state index is -1.01. The number of carbonyl (C=O) groups is 1. The van der Waals surface area contributed by atoms with E-state index >= 15 is 0 Å². The van der Waals surface area contributed by atoms with Gasteiger partial charge in [0.25, 0.3) is 0 Å². The molecule has 1 aliphatic rings. The minimum absolute atomic E-state index is 0.0601. The summed E-state index contributed by atoms with van der Waals surface area (Å²) >= 11 is 0. The molecule has 1 aliphatic heterocycles. The van der Waals surface area contributed by atoms with Crippen LogP contribution in [-0.4, -0.2) is 23.8 Å². The second-order valence-corrected chi connectivity index (χ2v) is 4.61. The van der Waals surface area contributed by atoms with Crippen molar-refractivity contribution < 1.29 is 9.18 Å². The van der Waals surface area contributed by atoms with Gasteiger partial charge in [0.05, 0.1) is 12.0 Å². The van der Waals surface area contributed by atoms with Gasteiger partial charge in [0.2, 0.25) is 5.91 Å². The Morgan fingerprint density at radius 1 is 1.44 bits per heavy atom. The van der Waals surface area contributed by atoms with Crippen LogP contribution in [0.4, 0.5) is 10.1 Å². The molecule has 1 atom stereocenters. The molecule has 1 aromatic rings. The molecule has 0 radical (unpaired) electrons. The third-order valence-corrected chi connectivity index (χ3v) is 3.15. The number of rotatable bonds is 1. The maximum Gasteiger partial charge on any atom is 0.231 e. The molecule has 4 N–H and O–H groups in total. The van der Waals surface area contributed by atoms with Gasteiger partial charge in [-0.25, -0.2) is 9.38 Å². The van der Waals surface area contributed by atoms with Crippen molar-refractivity contribution in [3.63, 3.8) is 0 Å². The second-order valence-electron chi connectivity index (χ2n) is 4.61. The fraction of sp³-hybridized carbons (Fsp3) is 0.333. The van der Waals surface area contributed by atoms with Crippen LogP contribution in [0.1, 0.15) is 18.9 Å². The monoisotopic (exact) mass is 250 g/mol. The van der Waals surface area contributed by atoms with Crippen molar-refractivity contribution >= 4 is 17.6 Å². The molecule has 5 nitrogen and oxygen atoms in total. The molecule has 18 heavy (non-hydrogen) atoms. The quantitative estimate of drug-likeness (QED) is 0.723. The largest absolute Gasteiger partial charge is 0.399 e. The van der Waals surface area contributed by atoms with Crippen LogP contribution in [0, 0.1) is 5.82 Å².